The first-order valence-corrected chi connectivity index (χ1v) is 9.87. The van der Waals surface area contributed by atoms with E-state index < -0.39 is 0 Å². The monoisotopic (exact) mass is 413 g/mol. The van der Waals surface area contributed by atoms with Gasteiger partial charge in [0.05, 0.1) is 26.3 Å². The zero-order valence-electron chi connectivity index (χ0n) is 17.4. The number of aromatic nitrogens is 2. The largest absolute Gasteiger partial charge is 0.497 e. The molecule has 0 aliphatic heterocycles. The quantitative estimate of drug-likeness (QED) is 0.470. The molecular formula is C25H23N3O3. The van der Waals surface area contributed by atoms with E-state index in [4.69, 9.17) is 14.6 Å². The Morgan fingerprint density at radius 2 is 1.65 bits per heavy atom. The van der Waals surface area contributed by atoms with Crippen molar-refractivity contribution in [3.8, 4) is 22.8 Å². The van der Waals surface area contributed by atoms with Gasteiger partial charge >= 0.3 is 0 Å². The van der Waals surface area contributed by atoms with Gasteiger partial charge in [0.2, 0.25) is 0 Å². The fourth-order valence-corrected chi connectivity index (χ4v) is 3.30. The van der Waals surface area contributed by atoms with Gasteiger partial charge in [0, 0.05) is 17.4 Å². The second-order valence-electron chi connectivity index (χ2n) is 6.99. The summed E-state index contributed by atoms with van der Waals surface area (Å²) in [4.78, 5) is 13.2. The molecule has 1 aromatic heterocycles. The van der Waals surface area contributed by atoms with E-state index in [1.807, 2.05) is 54.6 Å². The summed E-state index contributed by atoms with van der Waals surface area (Å²) in [5, 5.41) is 7.67. The van der Waals surface area contributed by atoms with E-state index in [9.17, 15) is 4.79 Å². The predicted molar refractivity (Wildman–Crippen MR) is 121 cm³/mol. The van der Waals surface area contributed by atoms with Crippen molar-refractivity contribution in [2.45, 2.75) is 6.54 Å². The van der Waals surface area contributed by atoms with Gasteiger partial charge in [-0.1, -0.05) is 42.5 Å². The van der Waals surface area contributed by atoms with Crippen LogP contribution in [0.5, 0.6) is 11.5 Å². The maximum Gasteiger partial charge on any atom is 0.259 e. The van der Waals surface area contributed by atoms with E-state index in [-0.39, 0.29) is 5.91 Å². The zero-order valence-corrected chi connectivity index (χ0v) is 17.4. The fraction of sp³-hybridized carbons (Fsp3) is 0.120. The molecule has 4 rings (SSSR count). The van der Waals surface area contributed by atoms with Crippen molar-refractivity contribution in [1.29, 1.82) is 0 Å². The van der Waals surface area contributed by atoms with Crippen molar-refractivity contribution in [3.63, 3.8) is 0 Å². The summed E-state index contributed by atoms with van der Waals surface area (Å²) in [5.41, 5.74) is 3.68. The maximum atomic E-state index is 13.2. The SMILES string of the molecule is COc1ccc(NC(=O)c2cn(Cc3ccccc3)nc2-c2cccc(OC)c2)cc1. The second-order valence-corrected chi connectivity index (χ2v) is 6.99. The second kappa shape index (κ2) is 9.17. The average molecular weight is 413 g/mol. The molecule has 4 aromatic rings. The molecule has 0 aliphatic carbocycles. The third kappa shape index (κ3) is 4.75. The molecule has 0 unspecified atom stereocenters. The van der Waals surface area contributed by atoms with Crippen molar-refractivity contribution in [2.75, 3.05) is 19.5 Å². The van der Waals surface area contributed by atoms with Crippen LogP contribution in [0.25, 0.3) is 11.3 Å². The first kappa shape index (κ1) is 20.2. The first-order valence-electron chi connectivity index (χ1n) is 9.87. The Hall–Kier alpha value is -4.06. The van der Waals surface area contributed by atoms with Crippen LogP contribution in [0.4, 0.5) is 5.69 Å². The lowest BCUT2D eigenvalue weighted by molar-refractivity contribution is 0.102. The molecule has 0 bridgehead atoms. The van der Waals surface area contributed by atoms with Crippen molar-refractivity contribution < 1.29 is 14.3 Å². The van der Waals surface area contributed by atoms with Crippen LogP contribution in [0, 0.1) is 0 Å². The molecule has 3 aromatic carbocycles. The molecule has 0 radical (unpaired) electrons. The van der Waals surface area contributed by atoms with Gasteiger partial charge in [-0.3, -0.25) is 9.48 Å². The minimum absolute atomic E-state index is 0.234. The highest BCUT2D eigenvalue weighted by Crippen LogP contribution is 2.27. The molecule has 156 valence electrons. The molecular weight excluding hydrogens is 390 g/mol. The van der Waals surface area contributed by atoms with Gasteiger partial charge in [-0.15, -0.1) is 0 Å². The highest BCUT2D eigenvalue weighted by atomic mass is 16.5. The summed E-state index contributed by atoms with van der Waals surface area (Å²) < 4.78 is 12.3. The lowest BCUT2D eigenvalue weighted by atomic mass is 10.1. The Balaban J connectivity index is 1.68. The Kier molecular flexibility index (Phi) is 5.98. The minimum Gasteiger partial charge on any atom is -0.497 e. The number of amides is 1. The number of rotatable bonds is 7. The molecule has 1 amide bonds. The smallest absolute Gasteiger partial charge is 0.259 e. The lowest BCUT2D eigenvalue weighted by Gasteiger charge is -2.07. The number of ether oxygens (including phenoxy) is 2. The summed E-state index contributed by atoms with van der Waals surface area (Å²) in [5.74, 6) is 1.20. The van der Waals surface area contributed by atoms with Crippen LogP contribution < -0.4 is 14.8 Å². The zero-order chi connectivity index (χ0) is 21.6. The molecule has 0 spiro atoms. The van der Waals surface area contributed by atoms with Crippen LogP contribution in [0.1, 0.15) is 15.9 Å². The fourth-order valence-electron chi connectivity index (χ4n) is 3.30. The summed E-state index contributed by atoms with van der Waals surface area (Å²) in [6.45, 7) is 0.563. The van der Waals surface area contributed by atoms with Gasteiger partial charge in [0.25, 0.3) is 5.91 Å². The van der Waals surface area contributed by atoms with Gasteiger partial charge in [0.15, 0.2) is 0 Å². The van der Waals surface area contributed by atoms with Gasteiger partial charge in [-0.2, -0.15) is 5.10 Å². The number of hydrogen-bond acceptors (Lipinski definition) is 4. The molecule has 1 heterocycles. The highest BCUT2D eigenvalue weighted by molar-refractivity contribution is 6.08. The number of hydrogen-bond donors (Lipinski definition) is 1. The number of nitrogens with one attached hydrogen (secondary N) is 1. The van der Waals surface area contributed by atoms with Crippen LogP contribution >= 0.6 is 0 Å². The normalized spacial score (nSPS) is 10.5. The topological polar surface area (TPSA) is 65.4 Å². The van der Waals surface area contributed by atoms with Gasteiger partial charge in [-0.05, 0) is 42.0 Å². The van der Waals surface area contributed by atoms with Crippen molar-refractivity contribution in [1.82, 2.24) is 9.78 Å². The number of anilines is 1. The van der Waals surface area contributed by atoms with Crippen LogP contribution in [0.3, 0.4) is 0 Å². The lowest BCUT2D eigenvalue weighted by Crippen LogP contribution is -2.12. The van der Waals surface area contributed by atoms with Crippen LogP contribution in [0.2, 0.25) is 0 Å². The van der Waals surface area contributed by atoms with Crippen LogP contribution in [-0.2, 0) is 6.54 Å². The van der Waals surface area contributed by atoms with E-state index in [0.717, 1.165) is 16.9 Å². The number of methoxy groups -OCH3 is 2. The Labute approximate surface area is 181 Å². The summed E-state index contributed by atoms with van der Waals surface area (Å²) in [6, 6.07) is 24.8. The van der Waals surface area contributed by atoms with E-state index in [0.29, 0.717) is 29.2 Å². The van der Waals surface area contributed by atoms with Crippen molar-refractivity contribution in [2.24, 2.45) is 0 Å². The van der Waals surface area contributed by atoms with Gasteiger partial charge in [0.1, 0.15) is 17.2 Å². The Bertz CT molecular complexity index is 1170. The highest BCUT2D eigenvalue weighted by Gasteiger charge is 2.19. The van der Waals surface area contributed by atoms with Crippen LogP contribution in [0.15, 0.2) is 85.1 Å². The molecule has 6 heteroatoms. The number of benzene rings is 3. The van der Waals surface area contributed by atoms with Crippen molar-refractivity contribution in [3.05, 3.63) is 96.2 Å². The van der Waals surface area contributed by atoms with Gasteiger partial charge < -0.3 is 14.8 Å². The molecule has 0 atom stereocenters. The third-order valence-corrected chi connectivity index (χ3v) is 4.88. The molecule has 0 saturated carbocycles. The maximum absolute atomic E-state index is 13.2. The van der Waals surface area contributed by atoms with Crippen molar-refractivity contribution >= 4 is 11.6 Å². The number of nitrogens with zero attached hydrogens (tertiary/aromatic N) is 2. The number of carbonyl (C=O) groups excluding carboxylic acids is 1. The molecule has 0 fully saturated rings. The van der Waals surface area contributed by atoms with E-state index in [2.05, 4.69) is 5.32 Å². The van der Waals surface area contributed by atoms with E-state index in [1.54, 1.807) is 49.4 Å². The third-order valence-electron chi connectivity index (χ3n) is 4.88. The summed E-state index contributed by atoms with van der Waals surface area (Å²) in [6.07, 6.45) is 1.78. The summed E-state index contributed by atoms with van der Waals surface area (Å²) >= 11 is 0. The van der Waals surface area contributed by atoms with Crippen LogP contribution in [-0.4, -0.2) is 29.9 Å². The van der Waals surface area contributed by atoms with Gasteiger partial charge in [-0.25, -0.2) is 0 Å². The van der Waals surface area contributed by atoms with E-state index in [1.165, 1.54) is 0 Å². The Morgan fingerprint density at radius 3 is 2.35 bits per heavy atom. The standard InChI is InChI=1S/C25H23N3O3/c1-30-21-13-11-20(12-14-21)26-25(29)23-17-28(16-18-7-4-3-5-8-18)27-24(23)19-9-6-10-22(15-19)31-2/h3-15,17H,16H2,1-2H3,(H,26,29). The average Bonchev–Trinajstić information content (AvgIpc) is 3.24. The molecule has 0 aliphatic rings. The minimum atomic E-state index is -0.234. The molecule has 6 nitrogen and oxygen atoms in total. The molecule has 31 heavy (non-hydrogen) atoms. The summed E-state index contributed by atoms with van der Waals surface area (Å²) in [7, 11) is 3.22. The predicted octanol–water partition coefficient (Wildman–Crippen LogP) is 4.87. The van der Waals surface area contributed by atoms with E-state index >= 15 is 0 Å². The number of carbonyl (C=O) groups is 1. The molecule has 1 N–H and O–H groups in total. The Morgan fingerprint density at radius 1 is 0.903 bits per heavy atom. The molecule has 0 saturated heterocycles. The first-order chi connectivity index (χ1) is 15.2.